The van der Waals surface area contributed by atoms with Crippen LogP contribution in [0.3, 0.4) is 0 Å². The van der Waals surface area contributed by atoms with Gasteiger partial charge in [0.1, 0.15) is 0 Å². The first-order valence-electron chi connectivity index (χ1n) is 9.65. The summed E-state index contributed by atoms with van der Waals surface area (Å²) in [6, 6.07) is 3.86. The number of thiophene rings is 1. The van der Waals surface area contributed by atoms with Crippen molar-refractivity contribution in [3.63, 3.8) is 0 Å². The maximum absolute atomic E-state index is 12.5. The van der Waals surface area contributed by atoms with Gasteiger partial charge in [0.05, 0.1) is 12.8 Å². The van der Waals surface area contributed by atoms with E-state index in [2.05, 4.69) is 15.8 Å². The zero-order valence-electron chi connectivity index (χ0n) is 15.3. The molecule has 5 rings (SSSR count). The van der Waals surface area contributed by atoms with Crippen molar-refractivity contribution in [3.8, 4) is 0 Å². The SMILES string of the molecule is C/C(CC(=O)NC12CC3CC(CC(C3)C1)C2)=N/NC(=O)Cc1cccs1. The van der Waals surface area contributed by atoms with Gasteiger partial charge >= 0.3 is 0 Å². The number of nitrogens with one attached hydrogen (secondary N) is 2. The molecule has 1 aromatic rings. The highest BCUT2D eigenvalue weighted by molar-refractivity contribution is 7.10. The second kappa shape index (κ2) is 7.14. The fraction of sp³-hybridized carbons (Fsp3) is 0.650. The number of rotatable bonds is 6. The van der Waals surface area contributed by atoms with Gasteiger partial charge in [0, 0.05) is 16.1 Å². The van der Waals surface area contributed by atoms with E-state index in [1.807, 2.05) is 17.5 Å². The maximum Gasteiger partial charge on any atom is 0.245 e. The van der Waals surface area contributed by atoms with Gasteiger partial charge in [-0.1, -0.05) is 6.07 Å². The van der Waals surface area contributed by atoms with Crippen LogP contribution in [0.4, 0.5) is 0 Å². The fourth-order valence-corrected chi connectivity index (χ4v) is 6.35. The molecule has 4 aliphatic carbocycles. The highest BCUT2D eigenvalue weighted by Crippen LogP contribution is 2.55. The molecule has 2 amide bonds. The Morgan fingerprint density at radius 3 is 2.38 bits per heavy atom. The number of carbonyl (C=O) groups excluding carboxylic acids is 2. The van der Waals surface area contributed by atoms with E-state index >= 15 is 0 Å². The van der Waals surface area contributed by atoms with Crippen molar-refractivity contribution >= 4 is 28.9 Å². The van der Waals surface area contributed by atoms with Gasteiger partial charge in [-0.3, -0.25) is 9.59 Å². The topological polar surface area (TPSA) is 70.6 Å². The van der Waals surface area contributed by atoms with E-state index in [1.54, 1.807) is 18.3 Å². The molecule has 0 spiro atoms. The van der Waals surface area contributed by atoms with Crippen LogP contribution < -0.4 is 10.7 Å². The number of nitrogens with zero attached hydrogens (tertiary/aromatic N) is 1. The van der Waals surface area contributed by atoms with Crippen LogP contribution in [0, 0.1) is 17.8 Å². The third kappa shape index (κ3) is 4.00. The normalized spacial score (nSPS) is 32.5. The molecule has 5 nitrogen and oxygen atoms in total. The summed E-state index contributed by atoms with van der Waals surface area (Å²) < 4.78 is 0. The van der Waals surface area contributed by atoms with Crippen LogP contribution in [-0.4, -0.2) is 23.1 Å². The van der Waals surface area contributed by atoms with Crippen LogP contribution in [0.2, 0.25) is 0 Å². The molecule has 0 atom stereocenters. The Morgan fingerprint density at radius 1 is 1.15 bits per heavy atom. The third-order valence-electron chi connectivity index (χ3n) is 6.15. The molecule has 4 aliphatic rings. The molecule has 0 aromatic carbocycles. The quantitative estimate of drug-likeness (QED) is 0.593. The molecule has 2 N–H and O–H groups in total. The number of hydrogen-bond donors (Lipinski definition) is 2. The smallest absolute Gasteiger partial charge is 0.245 e. The van der Waals surface area contributed by atoms with E-state index in [1.165, 1.54) is 19.3 Å². The molecule has 1 heterocycles. The van der Waals surface area contributed by atoms with Crippen LogP contribution in [0.15, 0.2) is 22.6 Å². The minimum absolute atomic E-state index is 0.0362. The highest BCUT2D eigenvalue weighted by atomic mass is 32.1. The second-order valence-corrected chi connectivity index (χ2v) is 9.59. The number of hydrazone groups is 1. The van der Waals surface area contributed by atoms with Crippen LogP contribution >= 0.6 is 11.3 Å². The monoisotopic (exact) mass is 373 g/mol. The van der Waals surface area contributed by atoms with Crippen molar-refractivity contribution in [1.82, 2.24) is 10.7 Å². The van der Waals surface area contributed by atoms with Gasteiger partial charge in [-0.25, -0.2) is 5.43 Å². The van der Waals surface area contributed by atoms with Crippen molar-refractivity contribution in [2.45, 2.75) is 63.8 Å². The van der Waals surface area contributed by atoms with Gasteiger partial charge in [0.25, 0.3) is 0 Å². The molecular weight excluding hydrogens is 346 g/mol. The molecule has 6 heteroatoms. The molecule has 0 radical (unpaired) electrons. The average molecular weight is 374 g/mol. The molecule has 4 fully saturated rings. The highest BCUT2D eigenvalue weighted by Gasteiger charge is 2.51. The zero-order valence-corrected chi connectivity index (χ0v) is 16.1. The molecule has 26 heavy (non-hydrogen) atoms. The summed E-state index contributed by atoms with van der Waals surface area (Å²) in [5, 5.41) is 9.40. The van der Waals surface area contributed by atoms with Crippen LogP contribution in [0.25, 0.3) is 0 Å². The predicted molar refractivity (Wildman–Crippen MR) is 103 cm³/mol. The number of amides is 2. The zero-order chi connectivity index (χ0) is 18.1. The number of hydrogen-bond acceptors (Lipinski definition) is 4. The first-order chi connectivity index (χ1) is 12.5. The standard InChI is InChI=1S/C20H27N3O2S/c1-13(22-23-19(25)9-17-3-2-4-26-17)5-18(24)21-20-10-14-6-15(11-20)8-16(7-14)12-20/h2-4,14-16H,5-12H2,1H3,(H,21,24)(H,23,25)/b22-13-. The summed E-state index contributed by atoms with van der Waals surface area (Å²) in [4.78, 5) is 25.4. The Morgan fingerprint density at radius 2 is 1.81 bits per heavy atom. The Labute approximate surface area is 158 Å². The summed E-state index contributed by atoms with van der Waals surface area (Å²) in [5.74, 6) is 2.34. The van der Waals surface area contributed by atoms with Crippen molar-refractivity contribution in [2.24, 2.45) is 22.9 Å². The fourth-order valence-electron chi connectivity index (χ4n) is 5.64. The van der Waals surface area contributed by atoms with E-state index in [0.29, 0.717) is 12.1 Å². The van der Waals surface area contributed by atoms with Gasteiger partial charge in [-0.15, -0.1) is 11.3 Å². The van der Waals surface area contributed by atoms with Crippen molar-refractivity contribution < 1.29 is 9.59 Å². The lowest BCUT2D eigenvalue weighted by Crippen LogP contribution is -2.60. The second-order valence-electron chi connectivity index (χ2n) is 8.56. The minimum Gasteiger partial charge on any atom is -0.350 e. The van der Waals surface area contributed by atoms with Crippen LogP contribution in [-0.2, 0) is 16.0 Å². The van der Waals surface area contributed by atoms with Crippen LogP contribution in [0.5, 0.6) is 0 Å². The van der Waals surface area contributed by atoms with E-state index < -0.39 is 0 Å². The Balaban J connectivity index is 1.27. The summed E-state index contributed by atoms with van der Waals surface area (Å²) in [6.45, 7) is 1.80. The van der Waals surface area contributed by atoms with E-state index in [4.69, 9.17) is 0 Å². The molecule has 4 bridgehead atoms. The molecule has 140 valence electrons. The molecule has 0 saturated heterocycles. The summed E-state index contributed by atoms with van der Waals surface area (Å²) in [6.07, 6.45) is 8.13. The first-order valence-corrected chi connectivity index (χ1v) is 10.5. The van der Waals surface area contributed by atoms with Gasteiger partial charge < -0.3 is 5.32 Å². The van der Waals surface area contributed by atoms with E-state index in [-0.39, 0.29) is 23.8 Å². The molecule has 1 aromatic heterocycles. The lowest BCUT2D eigenvalue weighted by molar-refractivity contribution is -0.125. The first kappa shape index (κ1) is 17.7. The molecule has 4 saturated carbocycles. The van der Waals surface area contributed by atoms with Gasteiger partial charge in [-0.05, 0) is 74.6 Å². The van der Waals surface area contributed by atoms with Crippen molar-refractivity contribution in [3.05, 3.63) is 22.4 Å². The van der Waals surface area contributed by atoms with Gasteiger partial charge in [0.2, 0.25) is 11.8 Å². The Hall–Kier alpha value is -1.69. The maximum atomic E-state index is 12.5. The van der Waals surface area contributed by atoms with E-state index in [0.717, 1.165) is 41.9 Å². The predicted octanol–water partition coefficient (Wildman–Crippen LogP) is 3.26. The number of carbonyl (C=O) groups is 2. The lowest BCUT2D eigenvalue weighted by Gasteiger charge is -2.56. The summed E-state index contributed by atoms with van der Waals surface area (Å²) >= 11 is 1.55. The van der Waals surface area contributed by atoms with Crippen molar-refractivity contribution in [2.75, 3.05) is 0 Å². The molecular formula is C20H27N3O2S. The largest absolute Gasteiger partial charge is 0.350 e. The van der Waals surface area contributed by atoms with Gasteiger partial charge in [0.15, 0.2) is 0 Å². The van der Waals surface area contributed by atoms with Crippen LogP contribution in [0.1, 0.15) is 56.7 Å². The molecule has 0 aliphatic heterocycles. The summed E-state index contributed by atoms with van der Waals surface area (Å²) in [7, 11) is 0. The van der Waals surface area contributed by atoms with Gasteiger partial charge in [-0.2, -0.15) is 5.10 Å². The third-order valence-corrected chi connectivity index (χ3v) is 7.02. The molecule has 0 unspecified atom stereocenters. The minimum atomic E-state index is -0.145. The average Bonchev–Trinajstić information content (AvgIpc) is 3.03. The van der Waals surface area contributed by atoms with E-state index in [9.17, 15) is 9.59 Å². The van der Waals surface area contributed by atoms with Crippen molar-refractivity contribution in [1.29, 1.82) is 0 Å². The Bertz CT molecular complexity index is 675. The summed E-state index contributed by atoms with van der Waals surface area (Å²) in [5.41, 5.74) is 3.24. The Kier molecular flexibility index (Phi) is 4.86. The lowest BCUT2D eigenvalue weighted by atomic mass is 9.53.